The molecule has 198 valence electrons. The maximum atomic E-state index is 13.2. The number of anilines is 2. The molecule has 0 radical (unpaired) electrons. The van der Waals surface area contributed by atoms with Crippen LogP contribution in [-0.2, 0) is 15.7 Å². The number of benzene rings is 2. The van der Waals surface area contributed by atoms with E-state index in [0.29, 0.717) is 48.7 Å². The SMILES string of the molecule is N#C[C@H](C(=O)OC1CCCCC1)c1nc2ccccc2nc1N1CCN(c2cccc(C(F)(F)F)c2)CC1. The summed E-state index contributed by atoms with van der Waals surface area (Å²) in [6, 6.07) is 14.6. The number of piperazine rings is 1. The topological polar surface area (TPSA) is 82.3 Å². The fraction of sp³-hybridized carbons (Fsp3) is 0.429. The predicted molar refractivity (Wildman–Crippen MR) is 137 cm³/mol. The van der Waals surface area contributed by atoms with Crippen molar-refractivity contribution in [2.24, 2.45) is 0 Å². The van der Waals surface area contributed by atoms with E-state index in [1.165, 1.54) is 6.07 Å². The van der Waals surface area contributed by atoms with E-state index < -0.39 is 23.6 Å². The minimum Gasteiger partial charge on any atom is -0.461 e. The zero-order valence-corrected chi connectivity index (χ0v) is 20.8. The number of halogens is 3. The van der Waals surface area contributed by atoms with E-state index >= 15 is 0 Å². The number of aromatic nitrogens is 2. The lowest BCUT2D eigenvalue weighted by atomic mass is 9.97. The summed E-state index contributed by atoms with van der Waals surface area (Å²) in [5, 5.41) is 10.0. The molecule has 0 amide bonds. The van der Waals surface area contributed by atoms with Crippen molar-refractivity contribution in [3.05, 3.63) is 59.8 Å². The summed E-state index contributed by atoms with van der Waals surface area (Å²) in [5.74, 6) is -1.42. The van der Waals surface area contributed by atoms with Crippen LogP contribution in [0.4, 0.5) is 24.7 Å². The van der Waals surface area contributed by atoms with Crippen LogP contribution >= 0.6 is 0 Å². The van der Waals surface area contributed by atoms with Gasteiger partial charge in [0, 0.05) is 31.9 Å². The van der Waals surface area contributed by atoms with Gasteiger partial charge in [0.2, 0.25) is 0 Å². The second-order valence-electron chi connectivity index (χ2n) is 9.70. The van der Waals surface area contributed by atoms with Crippen molar-refractivity contribution >= 4 is 28.5 Å². The van der Waals surface area contributed by atoms with Crippen LogP contribution in [0.25, 0.3) is 11.0 Å². The van der Waals surface area contributed by atoms with Crippen molar-refractivity contribution in [3.63, 3.8) is 0 Å². The molecule has 2 aliphatic rings. The summed E-state index contributed by atoms with van der Waals surface area (Å²) < 4.78 is 45.3. The van der Waals surface area contributed by atoms with Crippen LogP contribution in [0, 0.1) is 11.3 Å². The van der Waals surface area contributed by atoms with Crippen molar-refractivity contribution in [2.75, 3.05) is 36.0 Å². The Labute approximate surface area is 218 Å². The van der Waals surface area contributed by atoms with Crippen LogP contribution in [0.2, 0.25) is 0 Å². The number of nitrogens with zero attached hydrogens (tertiary/aromatic N) is 5. The van der Waals surface area contributed by atoms with Gasteiger partial charge in [-0.25, -0.2) is 9.97 Å². The Morgan fingerprint density at radius 3 is 2.26 bits per heavy atom. The smallest absolute Gasteiger partial charge is 0.416 e. The van der Waals surface area contributed by atoms with Crippen LogP contribution < -0.4 is 9.80 Å². The third kappa shape index (κ3) is 5.52. The van der Waals surface area contributed by atoms with Crippen molar-refractivity contribution in [1.29, 1.82) is 5.26 Å². The summed E-state index contributed by atoms with van der Waals surface area (Å²) in [6.07, 6.45) is 0.0719. The molecule has 1 aromatic heterocycles. The van der Waals surface area contributed by atoms with Gasteiger partial charge < -0.3 is 14.5 Å². The van der Waals surface area contributed by atoms with Gasteiger partial charge in [-0.2, -0.15) is 18.4 Å². The van der Waals surface area contributed by atoms with E-state index in [1.54, 1.807) is 12.1 Å². The Kier molecular flexibility index (Phi) is 7.36. The molecule has 7 nitrogen and oxygen atoms in total. The molecule has 1 atom stereocenters. The number of nitriles is 1. The van der Waals surface area contributed by atoms with Gasteiger partial charge in [-0.15, -0.1) is 0 Å². The maximum Gasteiger partial charge on any atom is 0.416 e. The van der Waals surface area contributed by atoms with E-state index in [0.717, 1.165) is 44.2 Å². The number of carbonyl (C=O) groups excluding carboxylic acids is 1. The summed E-state index contributed by atoms with van der Waals surface area (Å²) in [6.45, 7) is 1.76. The fourth-order valence-corrected chi connectivity index (χ4v) is 5.13. The van der Waals surface area contributed by atoms with Gasteiger partial charge in [-0.05, 0) is 56.0 Å². The van der Waals surface area contributed by atoms with Crippen LogP contribution in [0.1, 0.15) is 49.3 Å². The highest BCUT2D eigenvalue weighted by molar-refractivity contribution is 5.85. The second kappa shape index (κ2) is 10.9. The van der Waals surface area contributed by atoms with E-state index in [1.807, 2.05) is 28.0 Å². The number of alkyl halides is 3. The number of esters is 1. The monoisotopic (exact) mass is 523 g/mol. The Bertz CT molecular complexity index is 1340. The molecule has 0 spiro atoms. The largest absolute Gasteiger partial charge is 0.461 e. The summed E-state index contributed by atoms with van der Waals surface area (Å²) in [7, 11) is 0. The first-order valence-corrected chi connectivity index (χ1v) is 12.9. The summed E-state index contributed by atoms with van der Waals surface area (Å²) in [5.41, 5.74) is 1.26. The molecule has 0 N–H and O–H groups in total. The maximum absolute atomic E-state index is 13.2. The number of para-hydroxylation sites is 2. The quantitative estimate of drug-likeness (QED) is 0.411. The number of carbonyl (C=O) groups is 1. The average Bonchev–Trinajstić information content (AvgIpc) is 2.93. The molecule has 2 aromatic carbocycles. The van der Waals surface area contributed by atoms with Crippen molar-refractivity contribution in [1.82, 2.24) is 9.97 Å². The van der Waals surface area contributed by atoms with Crippen molar-refractivity contribution in [2.45, 2.75) is 50.3 Å². The Morgan fingerprint density at radius 1 is 0.947 bits per heavy atom. The highest BCUT2D eigenvalue weighted by Gasteiger charge is 2.34. The van der Waals surface area contributed by atoms with Crippen molar-refractivity contribution in [3.8, 4) is 6.07 Å². The van der Waals surface area contributed by atoms with Gasteiger partial charge in [-0.3, -0.25) is 4.79 Å². The molecule has 10 heteroatoms. The fourth-order valence-electron chi connectivity index (χ4n) is 5.13. The molecule has 2 heterocycles. The first kappa shape index (κ1) is 25.8. The number of hydrogen-bond donors (Lipinski definition) is 0. The molecule has 1 saturated carbocycles. The van der Waals surface area contributed by atoms with Gasteiger partial charge in [0.05, 0.1) is 22.7 Å². The van der Waals surface area contributed by atoms with E-state index in [4.69, 9.17) is 9.72 Å². The molecular formula is C28H28F3N5O2. The number of fused-ring (bicyclic) bond motifs is 1. The van der Waals surface area contributed by atoms with Gasteiger partial charge in [0.15, 0.2) is 11.7 Å². The minimum absolute atomic E-state index is 0.194. The van der Waals surface area contributed by atoms with Gasteiger partial charge in [-0.1, -0.05) is 24.6 Å². The van der Waals surface area contributed by atoms with Crippen LogP contribution in [0.5, 0.6) is 0 Å². The Balaban J connectivity index is 1.40. The molecule has 1 saturated heterocycles. The molecule has 2 fully saturated rings. The van der Waals surface area contributed by atoms with E-state index in [9.17, 15) is 23.2 Å². The van der Waals surface area contributed by atoms with Gasteiger partial charge in [0.1, 0.15) is 11.8 Å². The number of hydrogen-bond acceptors (Lipinski definition) is 7. The highest BCUT2D eigenvalue weighted by Crippen LogP contribution is 2.33. The Hall–Kier alpha value is -3.87. The number of rotatable bonds is 5. The lowest BCUT2D eigenvalue weighted by Crippen LogP contribution is -2.47. The first-order valence-electron chi connectivity index (χ1n) is 12.9. The summed E-state index contributed by atoms with van der Waals surface area (Å²) in [4.78, 5) is 26.4. The molecule has 0 unspecified atom stereocenters. The second-order valence-corrected chi connectivity index (χ2v) is 9.70. The third-order valence-corrected chi connectivity index (χ3v) is 7.17. The summed E-state index contributed by atoms with van der Waals surface area (Å²) >= 11 is 0. The molecule has 1 aliphatic carbocycles. The number of ether oxygens (including phenoxy) is 1. The normalized spacial score (nSPS) is 17.7. The molecule has 38 heavy (non-hydrogen) atoms. The van der Waals surface area contributed by atoms with Crippen molar-refractivity contribution < 1.29 is 22.7 Å². The average molecular weight is 524 g/mol. The van der Waals surface area contributed by atoms with Crippen LogP contribution in [-0.4, -0.2) is 48.2 Å². The molecular weight excluding hydrogens is 495 g/mol. The minimum atomic E-state index is -4.41. The lowest BCUT2D eigenvalue weighted by molar-refractivity contribution is -0.151. The highest BCUT2D eigenvalue weighted by atomic mass is 19.4. The molecule has 0 bridgehead atoms. The molecule has 3 aromatic rings. The molecule has 5 rings (SSSR count). The predicted octanol–water partition coefficient (Wildman–Crippen LogP) is 5.46. The standard InChI is InChI=1S/C28H28F3N5O2/c29-28(30,31)19-7-6-8-20(17-19)35-13-15-36(16-14-35)26-25(33-23-11-4-5-12-24(23)34-26)22(18-32)27(37)38-21-9-2-1-3-10-21/h4-8,11-12,17,21-22H,1-3,9-10,13-16H2/t22-/m0/s1. The van der Waals surface area contributed by atoms with Crippen LogP contribution in [0.15, 0.2) is 48.5 Å². The van der Waals surface area contributed by atoms with E-state index in [-0.39, 0.29) is 11.8 Å². The Morgan fingerprint density at radius 2 is 1.61 bits per heavy atom. The first-order chi connectivity index (χ1) is 18.3. The van der Waals surface area contributed by atoms with Crippen LogP contribution in [0.3, 0.4) is 0 Å². The molecule has 1 aliphatic heterocycles. The van der Waals surface area contributed by atoms with E-state index in [2.05, 4.69) is 11.1 Å². The lowest BCUT2D eigenvalue weighted by Gasteiger charge is -2.37. The van der Waals surface area contributed by atoms with Gasteiger partial charge >= 0.3 is 12.1 Å². The van der Waals surface area contributed by atoms with Gasteiger partial charge in [0.25, 0.3) is 0 Å². The zero-order chi connectivity index (χ0) is 26.7. The zero-order valence-electron chi connectivity index (χ0n) is 20.8. The third-order valence-electron chi connectivity index (χ3n) is 7.17.